The van der Waals surface area contributed by atoms with Gasteiger partial charge in [-0.3, -0.25) is 4.79 Å². The fraction of sp³-hybridized carbons (Fsp3) is 0.588. The molecule has 1 unspecified atom stereocenters. The molecule has 1 N–H and O–H groups in total. The highest BCUT2D eigenvalue weighted by Crippen LogP contribution is 2.11. The van der Waals surface area contributed by atoms with Crippen LogP contribution in [0, 0.1) is 0 Å². The molecule has 0 bridgehead atoms. The van der Waals surface area contributed by atoms with E-state index < -0.39 is 0 Å². The van der Waals surface area contributed by atoms with Gasteiger partial charge in [0.25, 0.3) is 5.91 Å². The van der Waals surface area contributed by atoms with E-state index in [1.807, 2.05) is 30.3 Å². The van der Waals surface area contributed by atoms with Crippen LogP contribution in [0.2, 0.25) is 0 Å². The molecule has 0 saturated carbocycles. The van der Waals surface area contributed by atoms with Crippen LogP contribution in [0.5, 0.6) is 0 Å². The fourth-order valence-electron chi connectivity index (χ4n) is 2.24. The van der Waals surface area contributed by atoms with Crippen molar-refractivity contribution in [1.82, 2.24) is 5.32 Å². The van der Waals surface area contributed by atoms with E-state index in [2.05, 4.69) is 19.2 Å². The average Bonchev–Trinajstić information content (AvgIpc) is 2.45. The Bertz CT molecular complexity index is 348. The van der Waals surface area contributed by atoms with Gasteiger partial charge in [-0.15, -0.1) is 0 Å². The Morgan fingerprint density at radius 3 is 2.26 bits per heavy atom. The van der Waals surface area contributed by atoms with Crippen molar-refractivity contribution in [2.75, 3.05) is 0 Å². The molecular weight excluding hydrogens is 234 g/mol. The SMILES string of the molecule is CCCCCC(CCCC)NC(=O)c1ccccc1. The largest absolute Gasteiger partial charge is 0.349 e. The van der Waals surface area contributed by atoms with Crippen molar-refractivity contribution in [3.63, 3.8) is 0 Å². The lowest BCUT2D eigenvalue weighted by atomic mass is 10.0. The molecule has 0 fully saturated rings. The second kappa shape index (κ2) is 9.60. The molecule has 1 atom stereocenters. The Labute approximate surface area is 117 Å². The quantitative estimate of drug-likeness (QED) is 0.649. The van der Waals surface area contributed by atoms with Gasteiger partial charge in [-0.1, -0.05) is 64.2 Å². The van der Waals surface area contributed by atoms with E-state index in [0.717, 1.165) is 18.4 Å². The van der Waals surface area contributed by atoms with Crippen molar-refractivity contribution < 1.29 is 4.79 Å². The van der Waals surface area contributed by atoms with Gasteiger partial charge in [-0.25, -0.2) is 0 Å². The van der Waals surface area contributed by atoms with Gasteiger partial charge in [0.15, 0.2) is 0 Å². The molecule has 0 radical (unpaired) electrons. The van der Waals surface area contributed by atoms with Gasteiger partial charge in [0.1, 0.15) is 0 Å². The maximum absolute atomic E-state index is 12.1. The first kappa shape index (κ1) is 15.7. The van der Waals surface area contributed by atoms with Crippen LogP contribution in [0.1, 0.15) is 69.2 Å². The summed E-state index contributed by atoms with van der Waals surface area (Å²) in [6, 6.07) is 9.84. The number of amides is 1. The summed E-state index contributed by atoms with van der Waals surface area (Å²) in [5.74, 6) is 0.0678. The van der Waals surface area contributed by atoms with Crippen LogP contribution >= 0.6 is 0 Å². The predicted octanol–water partition coefficient (Wildman–Crippen LogP) is 4.56. The molecule has 1 amide bonds. The second-order valence-electron chi connectivity index (χ2n) is 5.17. The Morgan fingerprint density at radius 2 is 1.63 bits per heavy atom. The zero-order chi connectivity index (χ0) is 13.9. The summed E-state index contributed by atoms with van der Waals surface area (Å²) < 4.78 is 0. The number of carbonyl (C=O) groups excluding carboxylic acids is 1. The normalized spacial score (nSPS) is 12.1. The van der Waals surface area contributed by atoms with Gasteiger partial charge in [-0.2, -0.15) is 0 Å². The maximum Gasteiger partial charge on any atom is 0.251 e. The Balaban J connectivity index is 2.48. The molecule has 0 spiro atoms. The first-order chi connectivity index (χ1) is 9.27. The minimum Gasteiger partial charge on any atom is -0.349 e. The molecule has 0 aromatic heterocycles. The van der Waals surface area contributed by atoms with Gasteiger partial charge in [-0.05, 0) is 25.0 Å². The van der Waals surface area contributed by atoms with Crippen molar-refractivity contribution in [2.24, 2.45) is 0 Å². The van der Waals surface area contributed by atoms with Crippen LogP contribution in [0.3, 0.4) is 0 Å². The third kappa shape index (κ3) is 6.42. The van der Waals surface area contributed by atoms with E-state index in [-0.39, 0.29) is 5.91 Å². The lowest BCUT2D eigenvalue weighted by molar-refractivity contribution is 0.0931. The molecule has 0 aliphatic heterocycles. The van der Waals surface area contributed by atoms with Gasteiger partial charge in [0.05, 0.1) is 0 Å². The number of benzene rings is 1. The highest BCUT2D eigenvalue weighted by atomic mass is 16.1. The third-order valence-electron chi connectivity index (χ3n) is 3.43. The molecule has 0 aliphatic carbocycles. The van der Waals surface area contributed by atoms with Crippen molar-refractivity contribution in [3.05, 3.63) is 35.9 Å². The minimum atomic E-state index is 0.0678. The van der Waals surface area contributed by atoms with Gasteiger partial charge < -0.3 is 5.32 Å². The Kier molecular flexibility index (Phi) is 7.95. The monoisotopic (exact) mass is 261 g/mol. The summed E-state index contributed by atoms with van der Waals surface area (Å²) >= 11 is 0. The minimum absolute atomic E-state index is 0.0678. The molecule has 2 nitrogen and oxygen atoms in total. The van der Waals surface area contributed by atoms with E-state index in [1.54, 1.807) is 0 Å². The van der Waals surface area contributed by atoms with Crippen molar-refractivity contribution in [1.29, 1.82) is 0 Å². The first-order valence-corrected chi connectivity index (χ1v) is 7.63. The van der Waals surface area contributed by atoms with Crippen LogP contribution in [-0.4, -0.2) is 11.9 Å². The van der Waals surface area contributed by atoms with E-state index in [1.165, 1.54) is 32.1 Å². The number of nitrogens with one attached hydrogen (secondary N) is 1. The maximum atomic E-state index is 12.1. The molecule has 0 aliphatic rings. The molecule has 1 aromatic carbocycles. The lowest BCUT2D eigenvalue weighted by Crippen LogP contribution is -2.34. The molecule has 106 valence electrons. The Hall–Kier alpha value is -1.31. The summed E-state index contributed by atoms with van der Waals surface area (Å²) in [6.07, 6.45) is 8.26. The van der Waals surface area contributed by atoms with Crippen molar-refractivity contribution >= 4 is 5.91 Å². The summed E-state index contributed by atoms with van der Waals surface area (Å²) in [4.78, 5) is 12.1. The average molecular weight is 261 g/mol. The van der Waals surface area contributed by atoms with Crippen LogP contribution in [0.15, 0.2) is 30.3 Å². The molecule has 0 saturated heterocycles. The highest BCUT2D eigenvalue weighted by molar-refractivity contribution is 5.94. The fourth-order valence-corrected chi connectivity index (χ4v) is 2.24. The number of hydrogen-bond donors (Lipinski definition) is 1. The number of carbonyl (C=O) groups is 1. The number of hydrogen-bond acceptors (Lipinski definition) is 1. The van der Waals surface area contributed by atoms with Crippen LogP contribution in [-0.2, 0) is 0 Å². The van der Waals surface area contributed by atoms with E-state index >= 15 is 0 Å². The van der Waals surface area contributed by atoms with Crippen molar-refractivity contribution in [3.8, 4) is 0 Å². The summed E-state index contributed by atoms with van der Waals surface area (Å²) in [6.45, 7) is 4.41. The molecule has 1 rings (SSSR count). The summed E-state index contributed by atoms with van der Waals surface area (Å²) in [5, 5.41) is 3.19. The topological polar surface area (TPSA) is 29.1 Å². The van der Waals surface area contributed by atoms with Crippen LogP contribution in [0.4, 0.5) is 0 Å². The lowest BCUT2D eigenvalue weighted by Gasteiger charge is -2.18. The van der Waals surface area contributed by atoms with Crippen molar-refractivity contribution in [2.45, 2.75) is 64.8 Å². The number of rotatable bonds is 9. The zero-order valence-electron chi connectivity index (χ0n) is 12.3. The predicted molar refractivity (Wildman–Crippen MR) is 81.4 cm³/mol. The molecule has 0 heterocycles. The zero-order valence-corrected chi connectivity index (χ0v) is 12.3. The molecule has 2 heteroatoms. The van der Waals surface area contributed by atoms with E-state index in [9.17, 15) is 4.79 Å². The smallest absolute Gasteiger partial charge is 0.251 e. The van der Waals surface area contributed by atoms with Crippen LogP contribution < -0.4 is 5.32 Å². The van der Waals surface area contributed by atoms with E-state index in [0.29, 0.717) is 6.04 Å². The van der Waals surface area contributed by atoms with Gasteiger partial charge >= 0.3 is 0 Å². The number of unbranched alkanes of at least 4 members (excludes halogenated alkanes) is 3. The van der Waals surface area contributed by atoms with Gasteiger partial charge in [0, 0.05) is 11.6 Å². The summed E-state index contributed by atoms with van der Waals surface area (Å²) in [7, 11) is 0. The second-order valence-corrected chi connectivity index (χ2v) is 5.17. The molecule has 19 heavy (non-hydrogen) atoms. The van der Waals surface area contributed by atoms with E-state index in [4.69, 9.17) is 0 Å². The highest BCUT2D eigenvalue weighted by Gasteiger charge is 2.12. The summed E-state index contributed by atoms with van der Waals surface area (Å²) in [5.41, 5.74) is 0.763. The first-order valence-electron chi connectivity index (χ1n) is 7.63. The molecular formula is C17H27NO. The van der Waals surface area contributed by atoms with Gasteiger partial charge in [0.2, 0.25) is 0 Å². The standard InChI is InChI=1S/C17H27NO/c1-3-5-8-14-16(13-6-4-2)18-17(19)15-11-9-7-10-12-15/h7,9-12,16H,3-6,8,13-14H2,1-2H3,(H,18,19). The van der Waals surface area contributed by atoms with Crippen LogP contribution in [0.25, 0.3) is 0 Å². The molecule has 1 aromatic rings. The Morgan fingerprint density at radius 1 is 1.00 bits per heavy atom. The third-order valence-corrected chi connectivity index (χ3v) is 3.43.